The van der Waals surface area contributed by atoms with Crippen molar-refractivity contribution in [3.05, 3.63) is 35.4 Å². The second-order valence-corrected chi connectivity index (χ2v) is 8.81. The Morgan fingerprint density at radius 3 is 2.29 bits per heavy atom. The molecule has 0 bridgehead atoms. The molecule has 1 aromatic rings. The van der Waals surface area contributed by atoms with Crippen LogP contribution >= 0.6 is 0 Å². The van der Waals surface area contributed by atoms with Gasteiger partial charge < -0.3 is 25.0 Å². The summed E-state index contributed by atoms with van der Waals surface area (Å²) in [6.45, 7) is 9.09. The highest BCUT2D eigenvalue weighted by molar-refractivity contribution is 5.90. The summed E-state index contributed by atoms with van der Waals surface area (Å²) in [5, 5.41) is 5.18. The zero-order valence-corrected chi connectivity index (χ0v) is 21.3. The summed E-state index contributed by atoms with van der Waals surface area (Å²) < 4.78 is 10.1. The number of hydrogen-bond donors (Lipinski definition) is 2. The number of esters is 1. The number of ether oxygens (including phenoxy) is 2. The van der Waals surface area contributed by atoms with Crippen LogP contribution in [0.1, 0.15) is 71.0 Å². The maximum absolute atomic E-state index is 13.3. The topological polar surface area (TPSA) is 114 Å². The number of nitrogens with one attached hydrogen (secondary N) is 2. The van der Waals surface area contributed by atoms with E-state index < -0.39 is 35.5 Å². The Labute approximate surface area is 207 Å². The Balaban J connectivity index is 3.14. The van der Waals surface area contributed by atoms with Crippen LogP contribution in [0.15, 0.2) is 24.3 Å². The van der Waals surface area contributed by atoms with Crippen LogP contribution in [0.5, 0.6) is 0 Å². The summed E-state index contributed by atoms with van der Waals surface area (Å²) in [6, 6.07) is 5.78. The lowest BCUT2D eigenvalue weighted by Gasteiger charge is -2.31. The minimum atomic E-state index is -0.983. The number of benzene rings is 1. The zero-order chi connectivity index (χ0) is 26.4. The largest absolute Gasteiger partial charge is 0.466 e. The molecule has 35 heavy (non-hydrogen) atoms. The SMILES string of the molecule is C#Cc1ccc(C(C(=O)NCCC(=O)OCC)N(CCCC)C(=O)CNC(=O)OC(C)(C)C)cc1. The van der Waals surface area contributed by atoms with E-state index in [-0.39, 0.29) is 32.7 Å². The predicted octanol–water partition coefficient (Wildman–Crippen LogP) is 2.93. The molecular weight excluding hydrogens is 450 g/mol. The highest BCUT2D eigenvalue weighted by Gasteiger charge is 2.31. The molecule has 1 unspecified atom stereocenters. The minimum absolute atomic E-state index is 0.00539. The Morgan fingerprint density at radius 1 is 1.09 bits per heavy atom. The van der Waals surface area contributed by atoms with Crippen LogP contribution in [-0.2, 0) is 23.9 Å². The van der Waals surface area contributed by atoms with E-state index in [9.17, 15) is 19.2 Å². The van der Waals surface area contributed by atoms with Crippen LogP contribution in [0.4, 0.5) is 4.79 Å². The van der Waals surface area contributed by atoms with E-state index in [1.54, 1.807) is 52.0 Å². The molecule has 0 saturated carbocycles. The maximum Gasteiger partial charge on any atom is 0.408 e. The van der Waals surface area contributed by atoms with Crippen LogP contribution in [-0.4, -0.2) is 60.6 Å². The van der Waals surface area contributed by atoms with Crippen molar-refractivity contribution in [1.29, 1.82) is 0 Å². The lowest BCUT2D eigenvalue weighted by atomic mass is 10.0. The van der Waals surface area contributed by atoms with Crippen LogP contribution in [0, 0.1) is 12.3 Å². The van der Waals surface area contributed by atoms with E-state index in [2.05, 4.69) is 16.6 Å². The summed E-state index contributed by atoms with van der Waals surface area (Å²) in [4.78, 5) is 51.6. The second-order valence-electron chi connectivity index (χ2n) is 8.81. The summed E-state index contributed by atoms with van der Waals surface area (Å²) in [5.41, 5.74) is 0.474. The first kappa shape index (κ1) is 29.5. The fourth-order valence-corrected chi connectivity index (χ4v) is 3.14. The van der Waals surface area contributed by atoms with E-state index in [1.165, 1.54) is 4.90 Å². The summed E-state index contributed by atoms with van der Waals surface area (Å²) in [6.07, 6.45) is 6.16. The van der Waals surface area contributed by atoms with E-state index in [0.29, 0.717) is 17.5 Å². The third-order valence-electron chi connectivity index (χ3n) is 4.74. The minimum Gasteiger partial charge on any atom is -0.466 e. The molecule has 0 spiro atoms. The standard InChI is InChI=1S/C26H37N3O6/c1-7-10-17-29(21(30)18-28-25(33)35-26(4,5)6)23(20-13-11-19(8-2)12-14-20)24(32)27-16-15-22(31)34-9-3/h2,11-14,23H,7,9-10,15-18H2,1,3-6H3,(H,27,32)(H,28,33). The van der Waals surface area contributed by atoms with Crippen molar-refractivity contribution in [1.82, 2.24) is 15.5 Å². The number of rotatable bonds is 12. The van der Waals surface area contributed by atoms with Crippen molar-refractivity contribution in [3.8, 4) is 12.3 Å². The average Bonchev–Trinajstić information content (AvgIpc) is 2.79. The number of alkyl carbamates (subject to hydrolysis) is 1. The number of amides is 3. The van der Waals surface area contributed by atoms with Gasteiger partial charge >= 0.3 is 12.1 Å². The molecule has 0 aliphatic heterocycles. The molecule has 1 atom stereocenters. The van der Waals surface area contributed by atoms with Gasteiger partial charge in [0.2, 0.25) is 11.8 Å². The van der Waals surface area contributed by atoms with Crippen LogP contribution in [0.3, 0.4) is 0 Å². The number of unbranched alkanes of at least 4 members (excludes halogenated alkanes) is 1. The summed E-state index contributed by atoms with van der Waals surface area (Å²) in [5.74, 6) is 1.19. The number of carbonyl (C=O) groups excluding carboxylic acids is 4. The summed E-state index contributed by atoms with van der Waals surface area (Å²) in [7, 11) is 0. The van der Waals surface area contributed by atoms with Gasteiger partial charge in [-0.25, -0.2) is 4.79 Å². The van der Waals surface area contributed by atoms with Gasteiger partial charge in [-0.05, 0) is 51.8 Å². The van der Waals surface area contributed by atoms with Gasteiger partial charge in [-0.3, -0.25) is 14.4 Å². The van der Waals surface area contributed by atoms with Gasteiger partial charge in [0.25, 0.3) is 0 Å². The van der Waals surface area contributed by atoms with Crippen molar-refractivity contribution in [2.75, 3.05) is 26.2 Å². The first-order valence-electron chi connectivity index (χ1n) is 11.8. The first-order valence-corrected chi connectivity index (χ1v) is 11.8. The summed E-state index contributed by atoms with van der Waals surface area (Å²) >= 11 is 0. The molecule has 0 aliphatic carbocycles. The van der Waals surface area contributed by atoms with Crippen molar-refractivity contribution in [2.24, 2.45) is 0 Å². The van der Waals surface area contributed by atoms with Gasteiger partial charge in [-0.15, -0.1) is 6.42 Å². The molecule has 9 nitrogen and oxygen atoms in total. The Bertz CT molecular complexity index is 899. The van der Waals surface area contributed by atoms with Gasteiger partial charge in [0, 0.05) is 18.7 Å². The lowest BCUT2D eigenvalue weighted by molar-refractivity contribution is -0.143. The molecule has 0 saturated heterocycles. The molecule has 3 amide bonds. The van der Waals surface area contributed by atoms with Crippen molar-refractivity contribution >= 4 is 23.9 Å². The van der Waals surface area contributed by atoms with Crippen molar-refractivity contribution in [2.45, 2.75) is 65.5 Å². The predicted molar refractivity (Wildman–Crippen MR) is 132 cm³/mol. The smallest absolute Gasteiger partial charge is 0.408 e. The molecule has 0 fully saturated rings. The second kappa shape index (κ2) is 14.7. The fraction of sp³-hybridized carbons (Fsp3) is 0.538. The first-order chi connectivity index (χ1) is 16.5. The van der Waals surface area contributed by atoms with E-state index in [1.807, 2.05) is 6.92 Å². The van der Waals surface area contributed by atoms with Gasteiger partial charge in [0.1, 0.15) is 18.2 Å². The molecule has 0 aliphatic rings. The molecule has 1 rings (SSSR count). The Morgan fingerprint density at radius 2 is 1.74 bits per heavy atom. The molecule has 0 aromatic heterocycles. The highest BCUT2D eigenvalue weighted by atomic mass is 16.6. The van der Waals surface area contributed by atoms with Gasteiger partial charge in [-0.1, -0.05) is 31.4 Å². The number of nitrogens with zero attached hydrogens (tertiary/aromatic N) is 1. The maximum atomic E-state index is 13.3. The van der Waals surface area contributed by atoms with E-state index >= 15 is 0 Å². The highest BCUT2D eigenvalue weighted by Crippen LogP contribution is 2.23. The lowest BCUT2D eigenvalue weighted by Crippen LogP contribution is -2.48. The molecule has 0 radical (unpaired) electrons. The molecule has 1 aromatic carbocycles. The zero-order valence-electron chi connectivity index (χ0n) is 21.3. The number of carbonyl (C=O) groups is 4. The van der Waals surface area contributed by atoms with Crippen LogP contribution in [0.25, 0.3) is 0 Å². The molecule has 2 N–H and O–H groups in total. The molecular formula is C26H37N3O6. The number of terminal acetylenes is 1. The fourth-order valence-electron chi connectivity index (χ4n) is 3.14. The Hall–Kier alpha value is -3.54. The van der Waals surface area contributed by atoms with Crippen LogP contribution < -0.4 is 10.6 Å². The van der Waals surface area contributed by atoms with Gasteiger partial charge in [0.15, 0.2) is 0 Å². The normalized spacial score (nSPS) is 11.5. The van der Waals surface area contributed by atoms with E-state index in [0.717, 1.165) is 6.42 Å². The third kappa shape index (κ3) is 11.0. The van der Waals surface area contributed by atoms with Crippen molar-refractivity contribution < 1.29 is 28.7 Å². The monoisotopic (exact) mass is 487 g/mol. The van der Waals surface area contributed by atoms with Crippen LogP contribution in [0.2, 0.25) is 0 Å². The molecule has 0 heterocycles. The molecule has 9 heteroatoms. The average molecular weight is 488 g/mol. The Kier molecular flexibility index (Phi) is 12.4. The van der Waals surface area contributed by atoms with Gasteiger partial charge in [-0.2, -0.15) is 0 Å². The quantitative estimate of drug-likeness (QED) is 0.346. The number of hydrogen-bond acceptors (Lipinski definition) is 6. The molecule has 192 valence electrons. The van der Waals surface area contributed by atoms with E-state index in [4.69, 9.17) is 15.9 Å². The van der Waals surface area contributed by atoms with Crippen molar-refractivity contribution in [3.63, 3.8) is 0 Å². The third-order valence-corrected chi connectivity index (χ3v) is 4.74. The van der Waals surface area contributed by atoms with Gasteiger partial charge in [0.05, 0.1) is 13.0 Å².